The van der Waals surface area contributed by atoms with Crippen molar-refractivity contribution >= 4 is 21.7 Å². The van der Waals surface area contributed by atoms with Crippen molar-refractivity contribution in [2.24, 2.45) is 0 Å². The number of nitrogens with zero attached hydrogens (tertiary/aromatic N) is 3. The van der Waals surface area contributed by atoms with Crippen molar-refractivity contribution < 1.29 is 27.5 Å². The monoisotopic (exact) mass is 565 g/mol. The highest BCUT2D eigenvalue weighted by molar-refractivity contribution is 7.94. The van der Waals surface area contributed by atoms with Crippen molar-refractivity contribution in [1.82, 2.24) is 14.8 Å². The van der Waals surface area contributed by atoms with E-state index in [1.165, 1.54) is 34.2 Å². The number of pyridine rings is 1. The van der Waals surface area contributed by atoms with Crippen LogP contribution in [0.3, 0.4) is 0 Å². The number of benzene rings is 2. The fourth-order valence-electron chi connectivity index (χ4n) is 4.54. The summed E-state index contributed by atoms with van der Waals surface area (Å²) in [6.45, 7) is 3.19. The molecule has 8 nitrogen and oxygen atoms in total. The van der Waals surface area contributed by atoms with E-state index < -0.39 is 39.2 Å². The Morgan fingerprint density at radius 3 is 2.15 bits per heavy atom. The van der Waals surface area contributed by atoms with Gasteiger partial charge in [0.1, 0.15) is 17.3 Å². The zero-order valence-electron chi connectivity index (χ0n) is 22.8. The Hall–Kier alpha value is -3.89. The number of hydrogen-bond acceptors (Lipinski definition) is 6. The first kappa shape index (κ1) is 29.1. The van der Waals surface area contributed by atoms with Crippen LogP contribution < -0.4 is 0 Å². The second-order valence-corrected chi connectivity index (χ2v) is 12.5. The number of hydrogen-bond donors (Lipinski definition) is 1. The summed E-state index contributed by atoms with van der Waals surface area (Å²) in [5.74, 6) is -2.89. The van der Waals surface area contributed by atoms with E-state index >= 15 is 0 Å². The van der Waals surface area contributed by atoms with Gasteiger partial charge in [0.25, 0.3) is 0 Å². The minimum atomic E-state index is -3.51. The lowest BCUT2D eigenvalue weighted by atomic mass is 9.93. The van der Waals surface area contributed by atoms with Crippen molar-refractivity contribution in [3.8, 4) is 11.1 Å². The quantitative estimate of drug-likeness (QED) is 0.418. The molecule has 0 fully saturated rings. The van der Waals surface area contributed by atoms with Crippen molar-refractivity contribution in [3.63, 3.8) is 0 Å². The molecule has 0 unspecified atom stereocenters. The Bertz CT molecular complexity index is 1530. The highest BCUT2D eigenvalue weighted by atomic mass is 32.2. The molecule has 1 aliphatic heterocycles. The molecular weight excluding hydrogens is 533 g/mol. The number of carbonyl (C=O) groups excluding carboxylic acids is 2. The van der Waals surface area contributed by atoms with E-state index in [1.807, 2.05) is 0 Å². The smallest absolute Gasteiger partial charge is 0.240 e. The molecule has 210 valence electrons. The van der Waals surface area contributed by atoms with Gasteiger partial charge in [-0.25, -0.2) is 12.8 Å². The minimum absolute atomic E-state index is 0.000167. The molecule has 0 spiro atoms. The summed E-state index contributed by atoms with van der Waals surface area (Å²) in [6, 6.07) is 15.4. The molecule has 1 N–H and O–H groups in total. The highest BCUT2D eigenvalue weighted by Crippen LogP contribution is 2.29. The number of likely N-dealkylation sites (N-methyl/N-ethyl adjacent to an activating group) is 1. The van der Waals surface area contributed by atoms with Crippen LogP contribution in [-0.4, -0.2) is 66.0 Å². The zero-order valence-corrected chi connectivity index (χ0v) is 23.6. The van der Waals surface area contributed by atoms with Crippen LogP contribution in [0.2, 0.25) is 0 Å². The molecule has 3 aromatic rings. The third-order valence-corrected chi connectivity index (χ3v) is 8.13. The first-order valence-corrected chi connectivity index (χ1v) is 14.4. The molecule has 2 aromatic carbocycles. The third kappa shape index (κ3) is 6.63. The Labute approximate surface area is 233 Å². The number of aliphatic hydroxyl groups is 1. The molecule has 2 amide bonds. The lowest BCUT2D eigenvalue weighted by molar-refractivity contribution is -0.143. The maximum absolute atomic E-state index is 14.2. The lowest BCUT2D eigenvalue weighted by Gasteiger charge is -2.32. The first-order chi connectivity index (χ1) is 18.7. The number of sulfone groups is 1. The Morgan fingerprint density at radius 2 is 1.62 bits per heavy atom. The number of aromatic nitrogens is 1. The molecule has 40 heavy (non-hydrogen) atoms. The van der Waals surface area contributed by atoms with Gasteiger partial charge in [-0.1, -0.05) is 36.4 Å². The summed E-state index contributed by atoms with van der Waals surface area (Å²) in [5, 5.41) is 11.5. The van der Waals surface area contributed by atoms with Gasteiger partial charge in [0.05, 0.1) is 17.5 Å². The molecular formula is C30H32FN3O5S. The average Bonchev–Trinajstić information content (AvgIpc) is 3.27. The summed E-state index contributed by atoms with van der Waals surface area (Å²) in [6.07, 6.45) is 2.98. The molecule has 4 rings (SSSR count). The minimum Gasteiger partial charge on any atom is -0.384 e. The number of halogens is 1. The number of amides is 2. The maximum Gasteiger partial charge on any atom is 0.240 e. The van der Waals surface area contributed by atoms with Crippen LogP contribution in [0.4, 0.5) is 4.39 Å². The molecule has 2 heterocycles. The van der Waals surface area contributed by atoms with Gasteiger partial charge in [-0.05, 0) is 66.4 Å². The molecule has 0 saturated carbocycles. The van der Waals surface area contributed by atoms with Gasteiger partial charge in [-0.3, -0.25) is 14.6 Å². The van der Waals surface area contributed by atoms with Crippen molar-refractivity contribution in [1.29, 1.82) is 0 Å². The van der Waals surface area contributed by atoms with Crippen molar-refractivity contribution in [3.05, 3.63) is 101 Å². The zero-order chi connectivity index (χ0) is 29.2. The SMILES string of the molecule is CN(C)C(=O)[C@H](C(=O)N(Cc1ccnc(C(C)(C)O)c1)[C@@H]1C=CS(=O)(=O)C1)c1ccc(-c2ccc(F)cc2)cc1. The van der Waals surface area contributed by atoms with Gasteiger partial charge in [-0.15, -0.1) is 0 Å². The Kier molecular flexibility index (Phi) is 8.23. The van der Waals surface area contributed by atoms with Crippen LogP contribution in [0.5, 0.6) is 0 Å². The van der Waals surface area contributed by atoms with Crippen LogP contribution >= 0.6 is 0 Å². The van der Waals surface area contributed by atoms with Crippen LogP contribution in [0, 0.1) is 5.82 Å². The summed E-state index contributed by atoms with van der Waals surface area (Å²) in [4.78, 5) is 34.6. The fourth-order valence-corrected chi connectivity index (χ4v) is 5.84. The maximum atomic E-state index is 14.2. The Balaban J connectivity index is 1.73. The second kappa shape index (κ2) is 11.3. The van der Waals surface area contributed by atoms with Crippen LogP contribution in [0.1, 0.15) is 36.6 Å². The van der Waals surface area contributed by atoms with Gasteiger partial charge in [0, 0.05) is 32.2 Å². The predicted molar refractivity (Wildman–Crippen MR) is 150 cm³/mol. The molecule has 1 aliphatic rings. The summed E-state index contributed by atoms with van der Waals surface area (Å²) in [7, 11) is -0.405. The van der Waals surface area contributed by atoms with E-state index in [9.17, 15) is 27.5 Å². The van der Waals surface area contributed by atoms with Crippen molar-refractivity contribution in [2.45, 2.75) is 38.0 Å². The van der Waals surface area contributed by atoms with Gasteiger partial charge in [0.2, 0.25) is 11.8 Å². The molecule has 1 aromatic heterocycles. The molecule has 0 saturated heterocycles. The largest absolute Gasteiger partial charge is 0.384 e. The van der Waals surface area contributed by atoms with Crippen LogP contribution in [0.15, 0.2) is 78.3 Å². The lowest BCUT2D eigenvalue weighted by Crippen LogP contribution is -2.46. The number of carbonyl (C=O) groups is 2. The normalized spacial score (nSPS) is 16.9. The molecule has 2 atom stereocenters. The van der Waals surface area contributed by atoms with Crippen LogP contribution in [-0.2, 0) is 31.6 Å². The highest BCUT2D eigenvalue weighted by Gasteiger charge is 2.38. The van der Waals surface area contributed by atoms with E-state index in [0.29, 0.717) is 16.8 Å². The molecule has 0 aliphatic carbocycles. The van der Waals surface area contributed by atoms with Gasteiger partial charge in [-0.2, -0.15) is 0 Å². The van der Waals surface area contributed by atoms with E-state index in [-0.39, 0.29) is 18.1 Å². The standard InChI is InChI=1S/C30H32FN3O5S/c1-30(2,37)26-17-20(13-15-32-26)18-34(25-14-16-40(38,39)19-25)29(36)27(28(35)33(3)4)23-7-5-21(6-8-23)22-9-11-24(31)12-10-22/h5-17,25,27,37H,18-19H2,1-4H3/t25-,27-/m1/s1. The van der Waals surface area contributed by atoms with E-state index in [2.05, 4.69) is 4.98 Å². The van der Waals surface area contributed by atoms with E-state index in [0.717, 1.165) is 16.5 Å². The second-order valence-electron chi connectivity index (χ2n) is 10.6. The van der Waals surface area contributed by atoms with Crippen LogP contribution in [0.25, 0.3) is 11.1 Å². The summed E-state index contributed by atoms with van der Waals surface area (Å²) in [5.41, 5.74) is 1.79. The topological polar surface area (TPSA) is 108 Å². The summed E-state index contributed by atoms with van der Waals surface area (Å²) >= 11 is 0. The average molecular weight is 566 g/mol. The van der Waals surface area contributed by atoms with Crippen molar-refractivity contribution in [2.75, 3.05) is 19.8 Å². The van der Waals surface area contributed by atoms with Gasteiger partial charge < -0.3 is 14.9 Å². The van der Waals surface area contributed by atoms with E-state index in [4.69, 9.17) is 0 Å². The van der Waals surface area contributed by atoms with E-state index in [1.54, 1.807) is 76.5 Å². The molecule has 0 radical (unpaired) electrons. The summed E-state index contributed by atoms with van der Waals surface area (Å²) < 4.78 is 38.0. The van der Waals surface area contributed by atoms with Gasteiger partial charge >= 0.3 is 0 Å². The Morgan fingerprint density at radius 1 is 1.02 bits per heavy atom. The fraction of sp³-hybridized carbons (Fsp3) is 0.300. The first-order valence-electron chi connectivity index (χ1n) is 12.7. The molecule has 10 heteroatoms. The third-order valence-electron chi connectivity index (χ3n) is 6.75. The predicted octanol–water partition coefficient (Wildman–Crippen LogP) is 3.63. The van der Waals surface area contributed by atoms with Gasteiger partial charge in [0.15, 0.2) is 9.84 Å². The number of rotatable bonds is 8. The molecule has 0 bridgehead atoms.